The van der Waals surface area contributed by atoms with Crippen LogP contribution in [0.2, 0.25) is 0 Å². The zero-order valence-electron chi connectivity index (χ0n) is 18.7. The van der Waals surface area contributed by atoms with Crippen LogP contribution in [-0.2, 0) is 11.3 Å². The Bertz CT molecular complexity index is 1230. The van der Waals surface area contributed by atoms with E-state index in [0.29, 0.717) is 11.7 Å². The highest BCUT2D eigenvalue weighted by Crippen LogP contribution is 2.35. The number of ether oxygens (including phenoxy) is 1. The SMILES string of the molecule is COc1ccc(Cn2nnnc2S[C@H](C(=O)Nc2cc(C)ccc2C)c2ccccc2)cc1. The van der Waals surface area contributed by atoms with Gasteiger partial charge in [-0.05, 0) is 64.7 Å². The highest BCUT2D eigenvalue weighted by molar-refractivity contribution is 8.00. The van der Waals surface area contributed by atoms with Crippen LogP contribution in [0.4, 0.5) is 5.69 Å². The number of methoxy groups -OCH3 is 1. The summed E-state index contributed by atoms with van der Waals surface area (Å²) in [5.41, 5.74) is 4.81. The van der Waals surface area contributed by atoms with Crippen LogP contribution in [0.15, 0.2) is 78.0 Å². The van der Waals surface area contributed by atoms with Crippen LogP contribution in [0.5, 0.6) is 5.75 Å². The molecule has 0 spiro atoms. The Kier molecular flexibility index (Phi) is 7.04. The third kappa shape index (κ3) is 5.59. The molecule has 4 rings (SSSR count). The molecule has 1 heterocycles. The normalized spacial score (nSPS) is 11.7. The van der Waals surface area contributed by atoms with Gasteiger partial charge in [0.25, 0.3) is 0 Å². The van der Waals surface area contributed by atoms with Crippen molar-refractivity contribution in [3.63, 3.8) is 0 Å². The van der Waals surface area contributed by atoms with Crippen molar-refractivity contribution in [2.75, 3.05) is 12.4 Å². The van der Waals surface area contributed by atoms with Crippen LogP contribution in [0.1, 0.15) is 27.5 Å². The monoisotopic (exact) mass is 459 g/mol. The van der Waals surface area contributed by atoms with Crippen molar-refractivity contribution >= 4 is 23.4 Å². The molecule has 0 aliphatic heterocycles. The number of nitrogens with one attached hydrogen (secondary N) is 1. The van der Waals surface area contributed by atoms with E-state index < -0.39 is 5.25 Å². The number of benzene rings is 3. The second kappa shape index (κ2) is 10.3. The van der Waals surface area contributed by atoms with Crippen molar-refractivity contribution in [1.29, 1.82) is 0 Å². The van der Waals surface area contributed by atoms with E-state index in [1.54, 1.807) is 11.8 Å². The molecule has 33 heavy (non-hydrogen) atoms. The van der Waals surface area contributed by atoms with Gasteiger partial charge in [0, 0.05) is 5.69 Å². The van der Waals surface area contributed by atoms with Gasteiger partial charge in [0.1, 0.15) is 11.0 Å². The van der Waals surface area contributed by atoms with E-state index in [4.69, 9.17) is 4.74 Å². The van der Waals surface area contributed by atoms with Crippen LogP contribution in [0, 0.1) is 13.8 Å². The van der Waals surface area contributed by atoms with Gasteiger partial charge in [0.15, 0.2) is 0 Å². The maximum absolute atomic E-state index is 13.4. The fraction of sp³-hybridized carbons (Fsp3) is 0.200. The topological polar surface area (TPSA) is 81.9 Å². The van der Waals surface area contributed by atoms with Crippen LogP contribution in [0.25, 0.3) is 0 Å². The number of thioether (sulfide) groups is 1. The summed E-state index contributed by atoms with van der Waals surface area (Å²) in [6, 6.07) is 23.4. The summed E-state index contributed by atoms with van der Waals surface area (Å²) in [4.78, 5) is 13.4. The number of tetrazole rings is 1. The molecule has 168 valence electrons. The zero-order valence-corrected chi connectivity index (χ0v) is 19.5. The van der Waals surface area contributed by atoms with Crippen LogP contribution in [0.3, 0.4) is 0 Å². The lowest BCUT2D eigenvalue weighted by Crippen LogP contribution is -2.20. The molecule has 0 unspecified atom stereocenters. The van der Waals surface area contributed by atoms with E-state index in [1.807, 2.05) is 86.6 Å². The summed E-state index contributed by atoms with van der Waals surface area (Å²) >= 11 is 1.33. The first-order valence-electron chi connectivity index (χ1n) is 10.5. The van der Waals surface area contributed by atoms with Crippen LogP contribution in [-0.4, -0.2) is 33.2 Å². The number of nitrogens with zero attached hydrogens (tertiary/aromatic N) is 4. The lowest BCUT2D eigenvalue weighted by Gasteiger charge is -2.18. The fourth-order valence-electron chi connectivity index (χ4n) is 3.36. The quantitative estimate of drug-likeness (QED) is 0.381. The molecule has 1 atom stereocenters. The third-order valence-electron chi connectivity index (χ3n) is 5.21. The molecule has 0 aliphatic rings. The molecule has 1 N–H and O–H groups in total. The smallest absolute Gasteiger partial charge is 0.242 e. The minimum atomic E-state index is -0.522. The highest BCUT2D eigenvalue weighted by Gasteiger charge is 2.25. The summed E-state index contributed by atoms with van der Waals surface area (Å²) in [6.45, 7) is 4.47. The van der Waals surface area contributed by atoms with Gasteiger partial charge in [-0.15, -0.1) is 5.10 Å². The summed E-state index contributed by atoms with van der Waals surface area (Å²) in [7, 11) is 1.64. The third-order valence-corrected chi connectivity index (χ3v) is 6.43. The summed E-state index contributed by atoms with van der Waals surface area (Å²) in [5, 5.41) is 15.3. The van der Waals surface area contributed by atoms with E-state index in [2.05, 4.69) is 20.8 Å². The lowest BCUT2D eigenvalue weighted by atomic mass is 10.1. The Morgan fingerprint density at radius 3 is 2.55 bits per heavy atom. The first kappa shape index (κ1) is 22.5. The van der Waals surface area contributed by atoms with Crippen LogP contribution < -0.4 is 10.1 Å². The minimum absolute atomic E-state index is 0.126. The Labute approximate surface area is 197 Å². The first-order chi connectivity index (χ1) is 16.0. The van der Waals surface area contributed by atoms with Crippen molar-refractivity contribution < 1.29 is 9.53 Å². The van der Waals surface area contributed by atoms with Gasteiger partial charge >= 0.3 is 0 Å². The number of aryl methyl sites for hydroxylation is 2. The second-order valence-electron chi connectivity index (χ2n) is 7.68. The van der Waals surface area contributed by atoms with E-state index in [1.165, 1.54) is 11.8 Å². The Hall–Kier alpha value is -3.65. The van der Waals surface area contributed by atoms with Gasteiger partial charge in [-0.2, -0.15) is 0 Å². The number of hydrogen-bond acceptors (Lipinski definition) is 6. The summed E-state index contributed by atoms with van der Waals surface area (Å²) in [5.74, 6) is 0.663. The average Bonchev–Trinajstić information content (AvgIpc) is 3.27. The van der Waals surface area contributed by atoms with Crippen molar-refractivity contribution in [3.8, 4) is 5.75 Å². The lowest BCUT2D eigenvalue weighted by molar-refractivity contribution is -0.115. The van der Waals surface area contributed by atoms with Gasteiger partial charge in [-0.25, -0.2) is 4.68 Å². The maximum atomic E-state index is 13.4. The van der Waals surface area contributed by atoms with E-state index in [0.717, 1.165) is 33.7 Å². The predicted octanol–water partition coefficient (Wildman–Crippen LogP) is 4.82. The van der Waals surface area contributed by atoms with Crippen molar-refractivity contribution in [2.24, 2.45) is 0 Å². The standard InChI is InChI=1S/C25H25N5O2S/c1-17-9-10-18(2)22(15-17)26-24(31)23(20-7-5-4-6-8-20)33-25-27-28-29-30(25)16-19-11-13-21(32-3)14-12-19/h4-15,23H,16H2,1-3H3,(H,26,31)/t23-/m0/s1. The number of carbonyl (C=O) groups is 1. The average molecular weight is 460 g/mol. The molecule has 3 aromatic carbocycles. The summed E-state index contributed by atoms with van der Waals surface area (Å²) < 4.78 is 6.93. The van der Waals surface area contributed by atoms with Gasteiger partial charge in [0.2, 0.25) is 11.1 Å². The molecule has 0 saturated heterocycles. The maximum Gasteiger partial charge on any atom is 0.242 e. The molecule has 4 aromatic rings. The number of anilines is 1. The molecule has 0 radical (unpaired) electrons. The Balaban J connectivity index is 1.58. The molecule has 1 amide bonds. The van der Waals surface area contributed by atoms with E-state index in [9.17, 15) is 4.79 Å². The molecule has 8 heteroatoms. The Morgan fingerprint density at radius 1 is 1.06 bits per heavy atom. The van der Waals surface area contributed by atoms with Crippen molar-refractivity contribution in [2.45, 2.75) is 30.8 Å². The molecule has 0 fully saturated rings. The highest BCUT2D eigenvalue weighted by atomic mass is 32.2. The number of hydrogen-bond donors (Lipinski definition) is 1. The molecule has 0 bridgehead atoms. The largest absolute Gasteiger partial charge is 0.497 e. The fourth-order valence-corrected chi connectivity index (χ4v) is 4.34. The van der Waals surface area contributed by atoms with Gasteiger partial charge in [-0.3, -0.25) is 4.79 Å². The van der Waals surface area contributed by atoms with Gasteiger partial charge < -0.3 is 10.1 Å². The number of rotatable bonds is 8. The minimum Gasteiger partial charge on any atom is -0.497 e. The molecular formula is C25H25N5O2S. The molecule has 0 aliphatic carbocycles. The first-order valence-corrected chi connectivity index (χ1v) is 11.4. The summed E-state index contributed by atoms with van der Waals surface area (Å²) in [6.07, 6.45) is 0. The Morgan fingerprint density at radius 2 is 1.82 bits per heavy atom. The zero-order chi connectivity index (χ0) is 23.2. The van der Waals surface area contributed by atoms with Crippen LogP contribution >= 0.6 is 11.8 Å². The van der Waals surface area contributed by atoms with E-state index in [-0.39, 0.29) is 5.91 Å². The molecule has 7 nitrogen and oxygen atoms in total. The van der Waals surface area contributed by atoms with Gasteiger partial charge in [0.05, 0.1) is 13.7 Å². The number of amides is 1. The predicted molar refractivity (Wildman–Crippen MR) is 129 cm³/mol. The second-order valence-corrected chi connectivity index (χ2v) is 8.76. The molecule has 0 saturated carbocycles. The van der Waals surface area contributed by atoms with E-state index >= 15 is 0 Å². The van der Waals surface area contributed by atoms with Crippen molar-refractivity contribution in [3.05, 3.63) is 95.1 Å². The molecule has 1 aromatic heterocycles. The van der Waals surface area contributed by atoms with Gasteiger partial charge in [-0.1, -0.05) is 66.4 Å². The number of aromatic nitrogens is 4. The van der Waals surface area contributed by atoms with Crippen molar-refractivity contribution in [1.82, 2.24) is 20.2 Å². The molecular weight excluding hydrogens is 434 g/mol. The number of carbonyl (C=O) groups excluding carboxylic acids is 1.